The molecule has 22 heavy (non-hydrogen) atoms. The zero-order chi connectivity index (χ0) is 16.3. The SMILES string of the molecule is COc1ccc(/C(=C/c2ccc(Cl)cc2Cl)C(=O)O)c(C)c1. The number of methoxy groups -OCH3 is 1. The Balaban J connectivity index is 2.55. The maximum atomic E-state index is 11.6. The summed E-state index contributed by atoms with van der Waals surface area (Å²) >= 11 is 12.0. The van der Waals surface area contributed by atoms with Crippen molar-refractivity contribution in [1.82, 2.24) is 0 Å². The highest BCUT2D eigenvalue weighted by molar-refractivity contribution is 6.36. The summed E-state index contributed by atoms with van der Waals surface area (Å²) in [6, 6.07) is 10.2. The minimum Gasteiger partial charge on any atom is -0.497 e. The van der Waals surface area contributed by atoms with E-state index in [9.17, 15) is 9.90 Å². The molecule has 0 unspecified atom stereocenters. The lowest BCUT2D eigenvalue weighted by molar-refractivity contribution is -0.130. The smallest absolute Gasteiger partial charge is 0.336 e. The molecule has 0 spiro atoms. The van der Waals surface area contributed by atoms with E-state index in [2.05, 4.69) is 0 Å². The molecule has 3 nitrogen and oxygen atoms in total. The fourth-order valence-corrected chi connectivity index (χ4v) is 2.56. The highest BCUT2D eigenvalue weighted by Gasteiger charge is 2.14. The molecular weight excluding hydrogens is 323 g/mol. The Morgan fingerprint density at radius 1 is 1.18 bits per heavy atom. The van der Waals surface area contributed by atoms with Crippen molar-refractivity contribution in [3.8, 4) is 5.75 Å². The van der Waals surface area contributed by atoms with Gasteiger partial charge in [-0.05, 0) is 54.0 Å². The molecule has 0 fully saturated rings. The predicted octanol–water partition coefficient (Wildman–Crippen LogP) is 4.94. The van der Waals surface area contributed by atoms with Crippen molar-refractivity contribution in [2.75, 3.05) is 7.11 Å². The maximum absolute atomic E-state index is 11.6. The summed E-state index contributed by atoms with van der Waals surface area (Å²) in [5.74, 6) is -0.352. The number of halogens is 2. The average molecular weight is 337 g/mol. The van der Waals surface area contributed by atoms with E-state index in [4.69, 9.17) is 27.9 Å². The number of rotatable bonds is 4. The van der Waals surface area contributed by atoms with Crippen LogP contribution in [0.25, 0.3) is 11.6 Å². The Bertz CT molecular complexity index is 752. The predicted molar refractivity (Wildman–Crippen MR) is 89.7 cm³/mol. The first-order chi connectivity index (χ1) is 10.4. The number of aryl methyl sites for hydroxylation is 1. The van der Waals surface area contributed by atoms with Crippen LogP contribution in [0.1, 0.15) is 16.7 Å². The first-order valence-corrected chi connectivity index (χ1v) is 7.23. The molecule has 2 aromatic rings. The molecule has 0 atom stereocenters. The minimum absolute atomic E-state index is 0.157. The van der Waals surface area contributed by atoms with Gasteiger partial charge < -0.3 is 9.84 Å². The number of aliphatic carboxylic acids is 1. The lowest BCUT2D eigenvalue weighted by atomic mass is 9.98. The third kappa shape index (κ3) is 3.62. The molecular formula is C17H14Cl2O3. The fourth-order valence-electron chi connectivity index (χ4n) is 2.09. The molecule has 0 bridgehead atoms. The molecule has 2 aromatic carbocycles. The Morgan fingerprint density at radius 2 is 1.91 bits per heavy atom. The van der Waals surface area contributed by atoms with Crippen molar-refractivity contribution in [2.24, 2.45) is 0 Å². The largest absolute Gasteiger partial charge is 0.497 e. The summed E-state index contributed by atoms with van der Waals surface area (Å²) in [6.07, 6.45) is 1.54. The van der Waals surface area contributed by atoms with Gasteiger partial charge in [0.15, 0.2) is 0 Å². The van der Waals surface area contributed by atoms with E-state index >= 15 is 0 Å². The van der Waals surface area contributed by atoms with Crippen molar-refractivity contribution in [2.45, 2.75) is 6.92 Å². The zero-order valence-electron chi connectivity index (χ0n) is 12.1. The second-order valence-corrected chi connectivity index (χ2v) is 5.55. The van der Waals surface area contributed by atoms with Crippen molar-refractivity contribution in [1.29, 1.82) is 0 Å². The number of carboxylic acid groups (broad SMARTS) is 1. The van der Waals surface area contributed by atoms with Crippen LogP contribution in [-0.4, -0.2) is 18.2 Å². The molecule has 0 heterocycles. The summed E-state index contributed by atoms with van der Waals surface area (Å²) in [4.78, 5) is 11.6. The standard InChI is InChI=1S/C17H14Cl2O3/c1-10-7-13(22-2)5-6-14(10)15(17(20)21)8-11-3-4-12(18)9-16(11)19/h3-9H,1-2H3,(H,20,21)/b15-8-. The van der Waals surface area contributed by atoms with Gasteiger partial charge in [-0.25, -0.2) is 4.79 Å². The van der Waals surface area contributed by atoms with Crippen LogP contribution in [0.4, 0.5) is 0 Å². The van der Waals surface area contributed by atoms with Crippen molar-refractivity contribution < 1.29 is 14.6 Å². The van der Waals surface area contributed by atoms with Gasteiger partial charge in [0.25, 0.3) is 0 Å². The third-order valence-corrected chi connectivity index (χ3v) is 3.78. The molecule has 0 saturated heterocycles. The zero-order valence-corrected chi connectivity index (χ0v) is 13.6. The van der Waals surface area contributed by atoms with E-state index in [0.717, 1.165) is 5.56 Å². The van der Waals surface area contributed by atoms with Crippen LogP contribution in [0.5, 0.6) is 5.75 Å². The third-order valence-electron chi connectivity index (χ3n) is 3.22. The average Bonchev–Trinajstić information content (AvgIpc) is 2.46. The van der Waals surface area contributed by atoms with Crippen molar-refractivity contribution in [3.05, 3.63) is 63.1 Å². The molecule has 114 valence electrons. The van der Waals surface area contributed by atoms with Crippen LogP contribution in [0.2, 0.25) is 10.0 Å². The first-order valence-electron chi connectivity index (χ1n) is 6.47. The molecule has 0 aliphatic heterocycles. The monoisotopic (exact) mass is 336 g/mol. The van der Waals surface area contributed by atoms with Gasteiger partial charge in [0.2, 0.25) is 0 Å². The summed E-state index contributed by atoms with van der Waals surface area (Å²) in [6.45, 7) is 1.83. The Kier molecular flexibility index (Phi) is 5.11. The van der Waals surface area contributed by atoms with Gasteiger partial charge in [-0.2, -0.15) is 0 Å². The van der Waals surface area contributed by atoms with Gasteiger partial charge in [0.1, 0.15) is 5.75 Å². The van der Waals surface area contributed by atoms with Crippen LogP contribution in [-0.2, 0) is 4.79 Å². The molecule has 0 aromatic heterocycles. The van der Waals surface area contributed by atoms with Gasteiger partial charge >= 0.3 is 5.97 Å². The van der Waals surface area contributed by atoms with Gasteiger partial charge in [-0.1, -0.05) is 35.3 Å². The Morgan fingerprint density at radius 3 is 2.45 bits per heavy atom. The quantitative estimate of drug-likeness (QED) is 0.635. The van der Waals surface area contributed by atoms with E-state index < -0.39 is 5.97 Å². The number of hydrogen-bond donors (Lipinski definition) is 1. The van der Waals surface area contributed by atoms with Crippen LogP contribution < -0.4 is 4.74 Å². The van der Waals surface area contributed by atoms with E-state index in [-0.39, 0.29) is 5.57 Å². The Labute approximate surface area is 138 Å². The molecule has 0 amide bonds. The highest BCUT2D eigenvalue weighted by Crippen LogP contribution is 2.29. The van der Waals surface area contributed by atoms with E-state index in [1.165, 1.54) is 6.08 Å². The number of benzene rings is 2. The van der Waals surface area contributed by atoms with Gasteiger partial charge in [-0.15, -0.1) is 0 Å². The highest BCUT2D eigenvalue weighted by atomic mass is 35.5. The molecule has 5 heteroatoms. The minimum atomic E-state index is -1.03. The second-order valence-electron chi connectivity index (χ2n) is 4.71. The molecule has 0 radical (unpaired) electrons. The van der Waals surface area contributed by atoms with E-state index in [0.29, 0.717) is 26.9 Å². The fraction of sp³-hybridized carbons (Fsp3) is 0.118. The normalized spacial score (nSPS) is 11.4. The van der Waals surface area contributed by atoms with Crippen LogP contribution >= 0.6 is 23.2 Å². The van der Waals surface area contributed by atoms with E-state index in [1.54, 1.807) is 43.5 Å². The number of carbonyl (C=O) groups is 1. The molecule has 1 N–H and O–H groups in total. The molecule has 2 rings (SSSR count). The van der Waals surface area contributed by atoms with E-state index in [1.807, 2.05) is 6.92 Å². The molecule has 0 aliphatic carbocycles. The summed E-state index contributed by atoms with van der Waals surface area (Å²) in [5, 5.41) is 10.4. The lowest BCUT2D eigenvalue weighted by Crippen LogP contribution is -2.02. The number of hydrogen-bond acceptors (Lipinski definition) is 2. The van der Waals surface area contributed by atoms with Crippen LogP contribution in [0.15, 0.2) is 36.4 Å². The summed E-state index contributed by atoms with van der Waals surface area (Å²) in [7, 11) is 1.57. The number of ether oxygens (including phenoxy) is 1. The van der Waals surface area contributed by atoms with Crippen LogP contribution in [0.3, 0.4) is 0 Å². The lowest BCUT2D eigenvalue weighted by Gasteiger charge is -2.10. The van der Waals surface area contributed by atoms with Crippen molar-refractivity contribution in [3.63, 3.8) is 0 Å². The van der Waals surface area contributed by atoms with Gasteiger partial charge in [-0.3, -0.25) is 0 Å². The second kappa shape index (κ2) is 6.86. The Hall–Kier alpha value is -1.97. The van der Waals surface area contributed by atoms with Gasteiger partial charge in [0, 0.05) is 10.0 Å². The summed E-state index contributed by atoms with van der Waals surface area (Å²) < 4.78 is 5.14. The summed E-state index contributed by atoms with van der Waals surface area (Å²) in [5.41, 5.74) is 2.17. The maximum Gasteiger partial charge on any atom is 0.336 e. The molecule has 0 saturated carbocycles. The van der Waals surface area contributed by atoms with Gasteiger partial charge in [0.05, 0.1) is 12.7 Å². The van der Waals surface area contributed by atoms with Crippen LogP contribution in [0, 0.1) is 6.92 Å². The number of carboxylic acids is 1. The topological polar surface area (TPSA) is 46.5 Å². The van der Waals surface area contributed by atoms with Crippen molar-refractivity contribution >= 4 is 40.8 Å². The first kappa shape index (κ1) is 16.4. The molecule has 0 aliphatic rings.